The topological polar surface area (TPSA) is 49.3 Å². The van der Waals surface area contributed by atoms with Crippen LogP contribution in [-0.4, -0.2) is 15.6 Å². The summed E-state index contributed by atoms with van der Waals surface area (Å²) in [5.74, 6) is 0.823. The Hall–Kier alpha value is -1.81. The third kappa shape index (κ3) is 4.10. The van der Waals surface area contributed by atoms with Gasteiger partial charge in [-0.1, -0.05) is 30.3 Å². The summed E-state index contributed by atoms with van der Waals surface area (Å²) < 4.78 is 11.3. The Kier molecular flexibility index (Phi) is 4.58. The Morgan fingerprint density at radius 2 is 1.79 bits per heavy atom. The molecule has 2 aromatic rings. The standard InChI is InChI=1S/C15H17NO2S/c1-19(18)11-13-4-2-3-5-15(13)16-10-12-6-8-14(17)9-7-12/h2-9,16-17H,10-11H2,1H3. The van der Waals surface area contributed by atoms with Gasteiger partial charge in [0, 0.05) is 29.3 Å². The maximum absolute atomic E-state index is 11.3. The molecule has 0 spiro atoms. The third-order valence-corrected chi connectivity index (χ3v) is 3.51. The molecule has 0 saturated heterocycles. The number of anilines is 1. The summed E-state index contributed by atoms with van der Waals surface area (Å²) in [6.07, 6.45) is 1.71. The van der Waals surface area contributed by atoms with E-state index in [0.717, 1.165) is 16.8 Å². The van der Waals surface area contributed by atoms with Crippen molar-refractivity contribution in [3.05, 3.63) is 59.7 Å². The number of nitrogens with one attached hydrogen (secondary N) is 1. The molecule has 1 unspecified atom stereocenters. The molecular formula is C15H17NO2S. The van der Waals surface area contributed by atoms with E-state index >= 15 is 0 Å². The van der Waals surface area contributed by atoms with Crippen molar-refractivity contribution in [3.63, 3.8) is 0 Å². The molecule has 0 aliphatic heterocycles. The second-order valence-electron chi connectivity index (χ2n) is 4.39. The summed E-state index contributed by atoms with van der Waals surface area (Å²) in [5.41, 5.74) is 3.15. The van der Waals surface area contributed by atoms with Crippen molar-refractivity contribution < 1.29 is 9.32 Å². The van der Waals surface area contributed by atoms with Crippen molar-refractivity contribution >= 4 is 16.5 Å². The quantitative estimate of drug-likeness (QED) is 0.882. The van der Waals surface area contributed by atoms with Gasteiger partial charge in [0.05, 0.1) is 5.75 Å². The van der Waals surface area contributed by atoms with Crippen LogP contribution in [0.1, 0.15) is 11.1 Å². The molecule has 2 rings (SSSR count). The monoisotopic (exact) mass is 275 g/mol. The van der Waals surface area contributed by atoms with Crippen molar-refractivity contribution in [2.75, 3.05) is 11.6 Å². The number of phenolic OH excluding ortho intramolecular Hbond substituents is 1. The molecule has 0 fully saturated rings. The molecule has 0 aromatic heterocycles. The molecule has 0 saturated carbocycles. The van der Waals surface area contributed by atoms with Gasteiger partial charge in [-0.3, -0.25) is 4.21 Å². The highest BCUT2D eigenvalue weighted by Gasteiger charge is 2.03. The molecule has 0 amide bonds. The van der Waals surface area contributed by atoms with Crippen molar-refractivity contribution in [2.24, 2.45) is 0 Å². The Morgan fingerprint density at radius 3 is 2.47 bits per heavy atom. The summed E-state index contributed by atoms with van der Waals surface area (Å²) in [5, 5.41) is 12.6. The second-order valence-corrected chi connectivity index (χ2v) is 5.83. The minimum atomic E-state index is -0.851. The second kappa shape index (κ2) is 6.38. The number of benzene rings is 2. The van der Waals surface area contributed by atoms with Crippen LogP contribution in [0.3, 0.4) is 0 Å². The lowest BCUT2D eigenvalue weighted by atomic mass is 10.1. The van der Waals surface area contributed by atoms with Crippen molar-refractivity contribution in [2.45, 2.75) is 12.3 Å². The lowest BCUT2D eigenvalue weighted by molar-refractivity contribution is 0.475. The first-order valence-electron chi connectivity index (χ1n) is 6.05. The van der Waals surface area contributed by atoms with Crippen molar-refractivity contribution in [1.82, 2.24) is 0 Å². The Balaban J connectivity index is 2.06. The molecule has 0 aliphatic carbocycles. The SMILES string of the molecule is CS(=O)Cc1ccccc1NCc1ccc(O)cc1. The van der Waals surface area contributed by atoms with E-state index in [9.17, 15) is 9.32 Å². The van der Waals surface area contributed by atoms with Gasteiger partial charge in [-0.05, 0) is 29.3 Å². The van der Waals surface area contributed by atoms with Crippen molar-refractivity contribution in [3.8, 4) is 5.75 Å². The highest BCUT2D eigenvalue weighted by molar-refractivity contribution is 7.83. The van der Waals surface area contributed by atoms with Crippen LogP contribution in [0.5, 0.6) is 5.75 Å². The van der Waals surface area contributed by atoms with E-state index in [1.54, 1.807) is 18.4 Å². The highest BCUT2D eigenvalue weighted by atomic mass is 32.2. The van der Waals surface area contributed by atoms with Gasteiger partial charge in [0.15, 0.2) is 0 Å². The van der Waals surface area contributed by atoms with Crippen LogP contribution in [0.4, 0.5) is 5.69 Å². The minimum Gasteiger partial charge on any atom is -0.508 e. The summed E-state index contributed by atoms with van der Waals surface area (Å²) in [4.78, 5) is 0. The van der Waals surface area contributed by atoms with Gasteiger partial charge in [0.25, 0.3) is 0 Å². The molecule has 0 heterocycles. The first-order chi connectivity index (χ1) is 9.15. The fourth-order valence-corrected chi connectivity index (χ4v) is 2.54. The van der Waals surface area contributed by atoms with E-state index in [2.05, 4.69) is 5.32 Å². The number of para-hydroxylation sites is 1. The van der Waals surface area contributed by atoms with E-state index < -0.39 is 10.8 Å². The average molecular weight is 275 g/mol. The largest absolute Gasteiger partial charge is 0.508 e. The Bertz CT molecular complexity index is 567. The molecule has 2 aromatic carbocycles. The minimum absolute atomic E-state index is 0.269. The third-order valence-electron chi connectivity index (χ3n) is 2.80. The van der Waals surface area contributed by atoms with Gasteiger partial charge in [-0.15, -0.1) is 0 Å². The van der Waals surface area contributed by atoms with Crippen LogP contribution >= 0.6 is 0 Å². The number of rotatable bonds is 5. The molecule has 19 heavy (non-hydrogen) atoms. The van der Waals surface area contributed by atoms with Crippen LogP contribution in [0.25, 0.3) is 0 Å². The van der Waals surface area contributed by atoms with E-state index in [1.165, 1.54) is 0 Å². The van der Waals surface area contributed by atoms with E-state index in [0.29, 0.717) is 12.3 Å². The highest BCUT2D eigenvalue weighted by Crippen LogP contribution is 2.18. The fraction of sp³-hybridized carbons (Fsp3) is 0.200. The molecule has 0 aliphatic rings. The summed E-state index contributed by atoms with van der Waals surface area (Å²) in [7, 11) is -0.851. The maximum atomic E-state index is 11.3. The number of phenols is 1. The van der Waals surface area contributed by atoms with Crippen LogP contribution in [0, 0.1) is 0 Å². The fourth-order valence-electron chi connectivity index (χ4n) is 1.85. The van der Waals surface area contributed by atoms with E-state index in [-0.39, 0.29) is 5.75 Å². The van der Waals surface area contributed by atoms with Gasteiger partial charge in [0.2, 0.25) is 0 Å². The van der Waals surface area contributed by atoms with Crippen LogP contribution in [0.2, 0.25) is 0 Å². The Labute approximate surface area is 115 Å². The lowest BCUT2D eigenvalue weighted by Gasteiger charge is -2.11. The van der Waals surface area contributed by atoms with Crippen LogP contribution < -0.4 is 5.32 Å². The van der Waals surface area contributed by atoms with E-state index in [4.69, 9.17) is 0 Å². The van der Waals surface area contributed by atoms with Crippen molar-refractivity contribution in [1.29, 1.82) is 0 Å². The first kappa shape index (κ1) is 13.6. The number of hydrogen-bond donors (Lipinski definition) is 2. The zero-order chi connectivity index (χ0) is 13.7. The van der Waals surface area contributed by atoms with Crippen LogP contribution in [0.15, 0.2) is 48.5 Å². The number of hydrogen-bond acceptors (Lipinski definition) is 3. The zero-order valence-electron chi connectivity index (χ0n) is 10.8. The van der Waals surface area contributed by atoms with E-state index in [1.807, 2.05) is 36.4 Å². The molecule has 4 heteroatoms. The van der Waals surface area contributed by atoms with Gasteiger partial charge < -0.3 is 10.4 Å². The molecule has 0 bridgehead atoms. The number of aromatic hydroxyl groups is 1. The predicted molar refractivity (Wildman–Crippen MR) is 79.6 cm³/mol. The zero-order valence-corrected chi connectivity index (χ0v) is 11.6. The molecule has 1 atom stereocenters. The molecule has 0 radical (unpaired) electrons. The Morgan fingerprint density at radius 1 is 1.11 bits per heavy atom. The molecule has 3 nitrogen and oxygen atoms in total. The first-order valence-corrected chi connectivity index (χ1v) is 7.77. The van der Waals surface area contributed by atoms with Crippen LogP contribution in [-0.2, 0) is 23.1 Å². The summed E-state index contributed by atoms with van der Waals surface area (Å²) in [6, 6.07) is 15.0. The molecule has 100 valence electrons. The van der Waals surface area contributed by atoms with Gasteiger partial charge in [0.1, 0.15) is 5.75 Å². The lowest BCUT2D eigenvalue weighted by Crippen LogP contribution is -2.03. The smallest absolute Gasteiger partial charge is 0.115 e. The summed E-state index contributed by atoms with van der Waals surface area (Å²) >= 11 is 0. The average Bonchev–Trinajstić information content (AvgIpc) is 2.39. The molecular weight excluding hydrogens is 258 g/mol. The van der Waals surface area contributed by atoms with Gasteiger partial charge >= 0.3 is 0 Å². The summed E-state index contributed by atoms with van der Waals surface area (Å²) in [6.45, 7) is 0.674. The van der Waals surface area contributed by atoms with Gasteiger partial charge in [-0.2, -0.15) is 0 Å². The van der Waals surface area contributed by atoms with Gasteiger partial charge in [-0.25, -0.2) is 0 Å². The predicted octanol–water partition coefficient (Wildman–Crippen LogP) is 2.88. The normalized spacial score (nSPS) is 12.1. The maximum Gasteiger partial charge on any atom is 0.115 e. The molecule has 2 N–H and O–H groups in total.